The molecule has 0 aromatic heterocycles. The number of rotatable bonds is 7. The Morgan fingerprint density at radius 2 is 2.24 bits per heavy atom. The Kier molecular flexibility index (Phi) is 6.42. The quantitative estimate of drug-likeness (QED) is 0.835. The molecule has 0 saturated carbocycles. The molecule has 1 saturated heterocycles. The van der Waals surface area contributed by atoms with E-state index in [1.165, 1.54) is 12.1 Å². The molecule has 0 bridgehead atoms. The largest absolute Gasteiger partial charge is 0.491 e. The number of likely N-dealkylation sites (N-methyl/N-ethyl adjacent to an activating group) is 1. The van der Waals surface area contributed by atoms with Crippen molar-refractivity contribution in [2.24, 2.45) is 0 Å². The van der Waals surface area contributed by atoms with Crippen LogP contribution >= 0.6 is 0 Å². The highest BCUT2D eigenvalue weighted by molar-refractivity contribution is 5.29. The Morgan fingerprint density at radius 1 is 1.38 bits per heavy atom. The molecule has 1 fully saturated rings. The zero-order valence-electron chi connectivity index (χ0n) is 12.9. The molecule has 118 valence electrons. The Balaban J connectivity index is 1.88. The van der Waals surface area contributed by atoms with E-state index in [0.29, 0.717) is 18.9 Å². The normalized spacial score (nSPS) is 19.7. The van der Waals surface area contributed by atoms with Crippen molar-refractivity contribution in [1.82, 2.24) is 10.2 Å². The van der Waals surface area contributed by atoms with Gasteiger partial charge in [0.15, 0.2) is 0 Å². The summed E-state index contributed by atoms with van der Waals surface area (Å²) in [4.78, 5) is 2.33. The third-order valence-corrected chi connectivity index (χ3v) is 3.62. The van der Waals surface area contributed by atoms with Gasteiger partial charge in [-0.15, -0.1) is 0 Å². The van der Waals surface area contributed by atoms with Crippen molar-refractivity contribution in [3.05, 3.63) is 29.6 Å². The summed E-state index contributed by atoms with van der Waals surface area (Å²) in [7, 11) is 0. The number of benzene rings is 1. The highest BCUT2D eigenvalue weighted by Crippen LogP contribution is 2.17. The van der Waals surface area contributed by atoms with Crippen LogP contribution in [0.4, 0.5) is 4.39 Å². The molecule has 0 spiro atoms. The van der Waals surface area contributed by atoms with Gasteiger partial charge in [-0.2, -0.15) is 0 Å². The lowest BCUT2D eigenvalue weighted by atomic mass is 10.2. The molecule has 1 unspecified atom stereocenters. The van der Waals surface area contributed by atoms with Crippen LogP contribution in [0.3, 0.4) is 0 Å². The van der Waals surface area contributed by atoms with E-state index in [0.717, 1.165) is 38.3 Å². The fourth-order valence-electron chi connectivity index (χ4n) is 2.43. The molecule has 2 rings (SSSR count). The van der Waals surface area contributed by atoms with Crippen LogP contribution in [0, 0.1) is 5.82 Å². The monoisotopic (exact) mass is 296 g/mol. The summed E-state index contributed by atoms with van der Waals surface area (Å²) in [6.07, 6.45) is 0.0548. The molecule has 1 aromatic carbocycles. The molecule has 1 N–H and O–H groups in total. The summed E-state index contributed by atoms with van der Waals surface area (Å²) in [5.41, 5.74) is 0.895. The van der Waals surface area contributed by atoms with Crippen LogP contribution < -0.4 is 10.1 Å². The minimum Gasteiger partial charge on any atom is -0.491 e. The number of nitrogens with zero attached hydrogens (tertiary/aromatic N) is 1. The molecular weight excluding hydrogens is 271 g/mol. The molecule has 21 heavy (non-hydrogen) atoms. The number of nitrogens with one attached hydrogen (secondary N) is 1. The van der Waals surface area contributed by atoms with Gasteiger partial charge < -0.3 is 14.8 Å². The lowest BCUT2D eigenvalue weighted by Gasteiger charge is -2.31. The number of hydrogen-bond donors (Lipinski definition) is 1. The molecule has 4 nitrogen and oxygen atoms in total. The topological polar surface area (TPSA) is 33.7 Å². The molecule has 5 heteroatoms. The van der Waals surface area contributed by atoms with Gasteiger partial charge in [0.05, 0.1) is 6.61 Å². The van der Waals surface area contributed by atoms with Gasteiger partial charge in [0.1, 0.15) is 24.3 Å². The Bertz CT molecular complexity index is 442. The van der Waals surface area contributed by atoms with Crippen LogP contribution in [0.1, 0.15) is 19.4 Å². The Morgan fingerprint density at radius 3 is 3.00 bits per heavy atom. The van der Waals surface area contributed by atoms with E-state index in [4.69, 9.17) is 9.47 Å². The molecule has 0 radical (unpaired) electrons. The summed E-state index contributed by atoms with van der Waals surface area (Å²) in [6.45, 7) is 9.73. The first kappa shape index (κ1) is 16.2. The van der Waals surface area contributed by atoms with Crippen molar-refractivity contribution in [3.63, 3.8) is 0 Å². The van der Waals surface area contributed by atoms with Crippen molar-refractivity contribution < 1.29 is 13.9 Å². The first-order valence-corrected chi connectivity index (χ1v) is 7.68. The number of hydrogen-bond acceptors (Lipinski definition) is 4. The van der Waals surface area contributed by atoms with E-state index in [9.17, 15) is 4.39 Å². The number of halogens is 1. The average Bonchev–Trinajstić information content (AvgIpc) is 2.50. The summed E-state index contributed by atoms with van der Waals surface area (Å²) >= 11 is 0. The lowest BCUT2D eigenvalue weighted by molar-refractivity contribution is -0.0464. The second-order valence-electron chi connectivity index (χ2n) is 5.27. The van der Waals surface area contributed by atoms with Crippen LogP contribution in [0.15, 0.2) is 18.2 Å². The minimum atomic E-state index is -0.264. The fourth-order valence-corrected chi connectivity index (χ4v) is 2.43. The summed E-state index contributed by atoms with van der Waals surface area (Å²) in [5.74, 6) is 0.306. The van der Waals surface area contributed by atoms with Crippen LogP contribution in [0.5, 0.6) is 5.75 Å². The first-order chi connectivity index (χ1) is 10.2. The predicted octanol–water partition coefficient (Wildman–Crippen LogP) is 2.03. The molecule has 1 atom stereocenters. The zero-order valence-corrected chi connectivity index (χ0v) is 12.9. The second-order valence-corrected chi connectivity index (χ2v) is 5.27. The molecule has 0 amide bonds. The maximum atomic E-state index is 13.6. The molecule has 1 heterocycles. The molecule has 1 aromatic rings. The van der Waals surface area contributed by atoms with E-state index in [2.05, 4.69) is 17.1 Å². The van der Waals surface area contributed by atoms with Gasteiger partial charge in [0.25, 0.3) is 0 Å². The van der Waals surface area contributed by atoms with Gasteiger partial charge in [-0.25, -0.2) is 4.39 Å². The van der Waals surface area contributed by atoms with Crippen molar-refractivity contribution in [2.45, 2.75) is 26.5 Å². The average molecular weight is 296 g/mol. The van der Waals surface area contributed by atoms with Crippen LogP contribution in [-0.2, 0) is 11.3 Å². The highest BCUT2D eigenvalue weighted by Gasteiger charge is 2.19. The van der Waals surface area contributed by atoms with Gasteiger partial charge in [-0.1, -0.05) is 13.8 Å². The van der Waals surface area contributed by atoms with Gasteiger partial charge in [0, 0.05) is 25.7 Å². The van der Waals surface area contributed by atoms with Crippen molar-refractivity contribution in [3.8, 4) is 5.75 Å². The fraction of sp³-hybridized carbons (Fsp3) is 0.625. The van der Waals surface area contributed by atoms with Crippen molar-refractivity contribution >= 4 is 0 Å². The SMILES string of the molecule is CCNCc1cc(F)cc(OCC2CN(CC)CCO2)c1. The summed E-state index contributed by atoms with van der Waals surface area (Å²) < 4.78 is 25.0. The van der Waals surface area contributed by atoms with Gasteiger partial charge in [0.2, 0.25) is 0 Å². The molecule has 1 aliphatic heterocycles. The van der Waals surface area contributed by atoms with E-state index in [1.807, 2.05) is 13.0 Å². The van der Waals surface area contributed by atoms with Gasteiger partial charge >= 0.3 is 0 Å². The number of ether oxygens (including phenoxy) is 2. The van der Waals surface area contributed by atoms with Gasteiger partial charge in [-0.3, -0.25) is 4.90 Å². The third kappa shape index (κ3) is 5.26. The molecule has 1 aliphatic rings. The van der Waals surface area contributed by atoms with Crippen LogP contribution in [0.2, 0.25) is 0 Å². The summed E-state index contributed by atoms with van der Waals surface area (Å²) in [5, 5.41) is 3.18. The smallest absolute Gasteiger partial charge is 0.127 e. The van der Waals surface area contributed by atoms with Crippen molar-refractivity contribution in [1.29, 1.82) is 0 Å². The summed E-state index contributed by atoms with van der Waals surface area (Å²) in [6, 6.07) is 4.84. The minimum absolute atomic E-state index is 0.0548. The second kappa shape index (κ2) is 8.32. The first-order valence-electron chi connectivity index (χ1n) is 7.68. The van der Waals surface area contributed by atoms with Crippen LogP contribution in [0.25, 0.3) is 0 Å². The van der Waals surface area contributed by atoms with E-state index >= 15 is 0 Å². The zero-order chi connectivity index (χ0) is 15.1. The number of morpholine rings is 1. The van der Waals surface area contributed by atoms with Gasteiger partial charge in [-0.05, 0) is 30.8 Å². The highest BCUT2D eigenvalue weighted by atomic mass is 19.1. The van der Waals surface area contributed by atoms with Crippen molar-refractivity contribution in [2.75, 3.05) is 39.4 Å². The Hall–Kier alpha value is -1.17. The maximum absolute atomic E-state index is 13.6. The standard InChI is InChI=1S/C16H25FN2O2/c1-3-18-10-13-7-14(17)9-15(8-13)21-12-16-11-19(4-2)5-6-20-16/h7-9,16,18H,3-6,10-12H2,1-2H3. The van der Waals surface area contributed by atoms with Crippen LogP contribution in [-0.4, -0.2) is 50.4 Å². The third-order valence-electron chi connectivity index (χ3n) is 3.62. The Labute approximate surface area is 126 Å². The molecule has 0 aliphatic carbocycles. The maximum Gasteiger partial charge on any atom is 0.127 e. The molecular formula is C16H25FN2O2. The van der Waals surface area contributed by atoms with E-state index in [1.54, 1.807) is 0 Å². The van der Waals surface area contributed by atoms with E-state index < -0.39 is 0 Å². The lowest BCUT2D eigenvalue weighted by Crippen LogP contribution is -2.44. The predicted molar refractivity (Wildman–Crippen MR) is 81.1 cm³/mol. The van der Waals surface area contributed by atoms with E-state index in [-0.39, 0.29) is 11.9 Å².